The first-order valence-corrected chi connectivity index (χ1v) is 5.54. The summed E-state index contributed by atoms with van der Waals surface area (Å²) in [5.41, 5.74) is 7.58. The molecule has 4 nitrogen and oxygen atoms in total. The first-order chi connectivity index (χ1) is 6.60. The van der Waals surface area contributed by atoms with Crippen LogP contribution in [0.25, 0.3) is 0 Å². The second-order valence-electron chi connectivity index (χ2n) is 3.01. The Balaban J connectivity index is 3.27. The van der Waals surface area contributed by atoms with Gasteiger partial charge in [-0.3, -0.25) is 0 Å². The van der Waals surface area contributed by atoms with Crippen molar-refractivity contribution in [3.8, 4) is 5.88 Å². The predicted molar refractivity (Wildman–Crippen MR) is 57.7 cm³/mol. The van der Waals surface area contributed by atoms with Gasteiger partial charge in [0.1, 0.15) is 0 Å². The van der Waals surface area contributed by atoms with Crippen LogP contribution in [-0.4, -0.2) is 23.3 Å². The van der Waals surface area contributed by atoms with Crippen molar-refractivity contribution in [3.05, 3.63) is 11.3 Å². The van der Waals surface area contributed by atoms with Gasteiger partial charge < -0.3 is 10.5 Å². The molecular weight excluding hydrogens is 198 g/mol. The Morgan fingerprint density at radius 3 is 2.50 bits per heavy atom. The van der Waals surface area contributed by atoms with Crippen LogP contribution in [-0.2, 0) is 0 Å². The Kier molecular flexibility index (Phi) is 3.71. The zero-order valence-electron chi connectivity index (χ0n) is 8.87. The van der Waals surface area contributed by atoms with E-state index < -0.39 is 0 Å². The Bertz CT molecular complexity index is 328. The molecule has 78 valence electrons. The van der Waals surface area contributed by atoms with E-state index in [1.54, 1.807) is 7.11 Å². The SMILES string of the molecule is COc1nc(SC)nc(C)c1C(C)N. The van der Waals surface area contributed by atoms with Crippen LogP contribution in [0.5, 0.6) is 5.88 Å². The number of nitrogens with zero attached hydrogens (tertiary/aromatic N) is 2. The molecule has 0 amide bonds. The van der Waals surface area contributed by atoms with Gasteiger partial charge in [0.2, 0.25) is 5.88 Å². The molecule has 1 aromatic heterocycles. The number of methoxy groups -OCH3 is 1. The standard InChI is InChI=1S/C9H15N3OS/c1-5(10)7-6(2)11-9(14-4)12-8(7)13-3/h5H,10H2,1-4H3. The summed E-state index contributed by atoms with van der Waals surface area (Å²) in [6.45, 7) is 3.82. The van der Waals surface area contributed by atoms with Crippen LogP contribution in [0.15, 0.2) is 5.16 Å². The van der Waals surface area contributed by atoms with E-state index in [0.29, 0.717) is 11.0 Å². The van der Waals surface area contributed by atoms with Gasteiger partial charge in [0.15, 0.2) is 5.16 Å². The molecule has 0 aliphatic rings. The summed E-state index contributed by atoms with van der Waals surface area (Å²) >= 11 is 1.49. The minimum atomic E-state index is -0.110. The fourth-order valence-corrected chi connectivity index (χ4v) is 1.70. The molecule has 5 heteroatoms. The van der Waals surface area contributed by atoms with Crippen LogP contribution in [0.3, 0.4) is 0 Å². The van der Waals surface area contributed by atoms with Crippen LogP contribution in [0.4, 0.5) is 0 Å². The molecule has 1 rings (SSSR count). The first kappa shape index (κ1) is 11.3. The number of hydrogen-bond donors (Lipinski definition) is 1. The summed E-state index contributed by atoms with van der Waals surface area (Å²) in [5.74, 6) is 0.580. The van der Waals surface area contributed by atoms with Gasteiger partial charge in [0, 0.05) is 6.04 Å². The molecule has 0 aliphatic carbocycles. The number of aryl methyl sites for hydroxylation is 1. The maximum absolute atomic E-state index is 5.82. The highest BCUT2D eigenvalue weighted by atomic mass is 32.2. The van der Waals surface area contributed by atoms with Gasteiger partial charge in [-0.05, 0) is 20.1 Å². The van der Waals surface area contributed by atoms with E-state index in [1.807, 2.05) is 20.1 Å². The zero-order valence-corrected chi connectivity index (χ0v) is 9.68. The van der Waals surface area contributed by atoms with Crippen LogP contribution >= 0.6 is 11.8 Å². The van der Waals surface area contributed by atoms with E-state index >= 15 is 0 Å². The third kappa shape index (κ3) is 2.16. The number of aromatic nitrogens is 2. The summed E-state index contributed by atoms with van der Waals surface area (Å²) in [6.07, 6.45) is 1.93. The number of nitrogens with two attached hydrogens (primary N) is 1. The largest absolute Gasteiger partial charge is 0.481 e. The van der Waals surface area contributed by atoms with Crippen molar-refractivity contribution in [1.82, 2.24) is 9.97 Å². The van der Waals surface area contributed by atoms with Crippen molar-refractivity contribution >= 4 is 11.8 Å². The maximum Gasteiger partial charge on any atom is 0.222 e. The third-order valence-corrected chi connectivity index (χ3v) is 2.46. The summed E-state index contributed by atoms with van der Waals surface area (Å²) in [4.78, 5) is 8.55. The molecule has 0 bridgehead atoms. The molecule has 1 heterocycles. The van der Waals surface area contributed by atoms with Gasteiger partial charge in [0.25, 0.3) is 0 Å². The zero-order chi connectivity index (χ0) is 10.7. The van der Waals surface area contributed by atoms with Gasteiger partial charge in [-0.1, -0.05) is 11.8 Å². The normalized spacial score (nSPS) is 12.6. The lowest BCUT2D eigenvalue weighted by atomic mass is 10.1. The van der Waals surface area contributed by atoms with Crippen molar-refractivity contribution in [3.63, 3.8) is 0 Å². The highest BCUT2D eigenvalue weighted by molar-refractivity contribution is 7.98. The fourth-order valence-electron chi connectivity index (χ4n) is 1.30. The first-order valence-electron chi connectivity index (χ1n) is 4.32. The lowest BCUT2D eigenvalue weighted by Gasteiger charge is -2.13. The average Bonchev–Trinajstić information content (AvgIpc) is 2.15. The average molecular weight is 213 g/mol. The van der Waals surface area contributed by atoms with Gasteiger partial charge in [-0.15, -0.1) is 0 Å². The molecule has 1 aromatic rings. The second kappa shape index (κ2) is 4.61. The van der Waals surface area contributed by atoms with E-state index in [-0.39, 0.29) is 6.04 Å². The summed E-state index contributed by atoms with van der Waals surface area (Å²) < 4.78 is 5.19. The minimum absolute atomic E-state index is 0.110. The minimum Gasteiger partial charge on any atom is -0.481 e. The number of thioether (sulfide) groups is 1. The van der Waals surface area contributed by atoms with Crippen LogP contribution in [0, 0.1) is 6.92 Å². The molecule has 0 saturated heterocycles. The van der Waals surface area contributed by atoms with Gasteiger partial charge in [-0.25, -0.2) is 4.98 Å². The summed E-state index contributed by atoms with van der Waals surface area (Å²) in [6, 6.07) is -0.110. The summed E-state index contributed by atoms with van der Waals surface area (Å²) in [5, 5.41) is 0.712. The van der Waals surface area contributed by atoms with Gasteiger partial charge in [-0.2, -0.15) is 4.98 Å². The van der Waals surface area contributed by atoms with Crippen molar-refractivity contribution in [2.24, 2.45) is 5.73 Å². The fraction of sp³-hybridized carbons (Fsp3) is 0.556. The number of ether oxygens (including phenoxy) is 1. The molecule has 0 aliphatic heterocycles. The lowest BCUT2D eigenvalue weighted by Crippen LogP contribution is -2.12. The molecule has 0 aromatic carbocycles. The third-order valence-electron chi connectivity index (χ3n) is 1.91. The maximum atomic E-state index is 5.82. The second-order valence-corrected chi connectivity index (χ2v) is 3.78. The lowest BCUT2D eigenvalue weighted by molar-refractivity contribution is 0.382. The van der Waals surface area contributed by atoms with E-state index in [9.17, 15) is 0 Å². The highest BCUT2D eigenvalue weighted by Gasteiger charge is 2.14. The Morgan fingerprint density at radius 1 is 1.43 bits per heavy atom. The molecule has 0 spiro atoms. The molecule has 2 N–H and O–H groups in total. The van der Waals surface area contributed by atoms with Crippen molar-refractivity contribution in [2.75, 3.05) is 13.4 Å². The van der Waals surface area contributed by atoms with Crippen molar-refractivity contribution < 1.29 is 4.74 Å². The van der Waals surface area contributed by atoms with Crippen LogP contribution in [0.1, 0.15) is 24.2 Å². The topological polar surface area (TPSA) is 61.0 Å². The van der Waals surface area contributed by atoms with Crippen molar-refractivity contribution in [2.45, 2.75) is 25.0 Å². The number of hydrogen-bond acceptors (Lipinski definition) is 5. The number of rotatable bonds is 3. The molecule has 1 atom stereocenters. The van der Waals surface area contributed by atoms with Crippen LogP contribution < -0.4 is 10.5 Å². The van der Waals surface area contributed by atoms with Gasteiger partial charge in [0.05, 0.1) is 18.4 Å². The smallest absolute Gasteiger partial charge is 0.222 e. The quantitative estimate of drug-likeness (QED) is 0.609. The van der Waals surface area contributed by atoms with E-state index in [4.69, 9.17) is 10.5 Å². The Morgan fingerprint density at radius 2 is 2.07 bits per heavy atom. The van der Waals surface area contributed by atoms with E-state index in [0.717, 1.165) is 11.3 Å². The Labute approximate surface area is 88.3 Å². The molecule has 0 fully saturated rings. The van der Waals surface area contributed by atoms with Crippen LogP contribution in [0.2, 0.25) is 0 Å². The molecule has 14 heavy (non-hydrogen) atoms. The molecule has 1 unspecified atom stereocenters. The monoisotopic (exact) mass is 213 g/mol. The summed E-state index contributed by atoms with van der Waals surface area (Å²) in [7, 11) is 1.60. The Hall–Kier alpha value is -0.810. The predicted octanol–water partition coefficient (Wildman–Crippen LogP) is 1.54. The van der Waals surface area contributed by atoms with Crippen molar-refractivity contribution in [1.29, 1.82) is 0 Å². The van der Waals surface area contributed by atoms with Gasteiger partial charge >= 0.3 is 0 Å². The highest BCUT2D eigenvalue weighted by Crippen LogP contribution is 2.26. The van der Waals surface area contributed by atoms with E-state index in [1.165, 1.54) is 11.8 Å². The molecule has 0 radical (unpaired) electrons. The molecule has 0 saturated carbocycles. The molecular formula is C9H15N3OS. The van der Waals surface area contributed by atoms with E-state index in [2.05, 4.69) is 9.97 Å².